The van der Waals surface area contributed by atoms with Gasteiger partial charge in [0.15, 0.2) is 0 Å². The summed E-state index contributed by atoms with van der Waals surface area (Å²) in [6.45, 7) is 0.332. The highest BCUT2D eigenvalue weighted by Gasteiger charge is 2.66. The van der Waals surface area contributed by atoms with Crippen molar-refractivity contribution in [3.63, 3.8) is 0 Å². The maximum absolute atomic E-state index is 5.70. The molecule has 0 aliphatic rings. The van der Waals surface area contributed by atoms with Crippen LogP contribution >= 0.6 is 0 Å². The highest BCUT2D eigenvalue weighted by atomic mass is 28.5. The molecular weight excluding hydrogens is 501 g/mol. The molecule has 0 aliphatic heterocycles. The van der Waals surface area contributed by atoms with Crippen molar-refractivity contribution >= 4 is 35.9 Å². The van der Waals surface area contributed by atoms with Gasteiger partial charge in [0.05, 0.1) is 0 Å². The Morgan fingerprint density at radius 1 is 0.312 bits per heavy atom. The van der Waals surface area contributed by atoms with Gasteiger partial charge >= 0.3 is 35.9 Å². The standard InChI is InChI=1S/C14H40N2O12Si4/c1-17-29(18-2,19-3)15(30(20-4,21-5)22-6)13-14-16(31(23-7,24-8)25-9)32(26-10,27-11)28-12/h13-14H2,1-12H3. The first kappa shape index (κ1) is 32.3. The molecule has 0 saturated heterocycles. The lowest BCUT2D eigenvalue weighted by Crippen LogP contribution is -2.77. The van der Waals surface area contributed by atoms with Crippen molar-refractivity contribution in [1.29, 1.82) is 0 Å². The Morgan fingerprint density at radius 2 is 0.438 bits per heavy atom. The first-order valence-corrected chi connectivity index (χ1v) is 16.1. The van der Waals surface area contributed by atoms with Gasteiger partial charge in [-0.25, -0.2) is 8.46 Å². The summed E-state index contributed by atoms with van der Waals surface area (Å²) >= 11 is 0. The van der Waals surface area contributed by atoms with Crippen molar-refractivity contribution < 1.29 is 53.1 Å². The quantitative estimate of drug-likeness (QED) is 0.188. The number of rotatable bonds is 19. The lowest BCUT2D eigenvalue weighted by Gasteiger charge is -2.45. The normalized spacial score (nSPS) is 14.1. The van der Waals surface area contributed by atoms with E-state index >= 15 is 0 Å². The fourth-order valence-corrected chi connectivity index (χ4v) is 15.5. The fourth-order valence-electron chi connectivity index (χ4n) is 3.41. The molecule has 14 nitrogen and oxygen atoms in total. The van der Waals surface area contributed by atoms with Gasteiger partial charge in [-0.1, -0.05) is 0 Å². The maximum atomic E-state index is 5.70. The van der Waals surface area contributed by atoms with Gasteiger partial charge in [0.2, 0.25) is 0 Å². The molecule has 0 atom stereocenters. The zero-order valence-electron chi connectivity index (χ0n) is 21.2. The van der Waals surface area contributed by atoms with Crippen LogP contribution in [0.15, 0.2) is 0 Å². The van der Waals surface area contributed by atoms with Gasteiger partial charge < -0.3 is 53.1 Å². The summed E-state index contributed by atoms with van der Waals surface area (Å²) in [5.74, 6) is 0. The van der Waals surface area contributed by atoms with E-state index < -0.39 is 35.9 Å². The topological polar surface area (TPSA) is 117 Å². The average molecular weight is 541 g/mol. The van der Waals surface area contributed by atoms with Crippen molar-refractivity contribution in [3.8, 4) is 0 Å². The first-order valence-electron chi connectivity index (χ1n) is 9.38. The summed E-state index contributed by atoms with van der Waals surface area (Å²) in [6.07, 6.45) is 0. The predicted molar refractivity (Wildman–Crippen MR) is 121 cm³/mol. The van der Waals surface area contributed by atoms with Crippen molar-refractivity contribution in [2.75, 3.05) is 98.4 Å². The molecule has 0 rings (SSSR count). The first-order chi connectivity index (χ1) is 15.2. The lowest BCUT2D eigenvalue weighted by molar-refractivity contribution is 0.00317. The van der Waals surface area contributed by atoms with E-state index in [9.17, 15) is 0 Å². The van der Waals surface area contributed by atoms with E-state index in [1.54, 1.807) is 8.46 Å². The van der Waals surface area contributed by atoms with Gasteiger partial charge in [0.25, 0.3) is 0 Å². The third kappa shape index (κ3) is 6.10. The Hall–Kier alpha value is 0.308. The zero-order chi connectivity index (χ0) is 25.1. The summed E-state index contributed by atoms with van der Waals surface area (Å²) in [5, 5.41) is 0. The molecule has 0 aromatic heterocycles. The van der Waals surface area contributed by atoms with E-state index in [4.69, 9.17) is 53.1 Å². The Morgan fingerprint density at radius 3 is 0.531 bits per heavy atom. The molecule has 0 aliphatic carbocycles. The van der Waals surface area contributed by atoms with Crippen LogP contribution in [-0.2, 0) is 53.1 Å². The molecule has 32 heavy (non-hydrogen) atoms. The van der Waals surface area contributed by atoms with E-state index in [-0.39, 0.29) is 13.1 Å². The van der Waals surface area contributed by atoms with Crippen LogP contribution < -0.4 is 0 Å². The van der Waals surface area contributed by atoms with Crippen LogP contribution in [-0.4, -0.2) is 143 Å². The second kappa shape index (κ2) is 14.6. The molecule has 0 fully saturated rings. The summed E-state index contributed by atoms with van der Waals surface area (Å²) in [6, 6.07) is 0. The molecule has 0 radical (unpaired) electrons. The average Bonchev–Trinajstić information content (AvgIpc) is 2.86. The summed E-state index contributed by atoms with van der Waals surface area (Å²) in [4.78, 5) is 0. The Labute approximate surface area is 196 Å². The van der Waals surface area contributed by atoms with Gasteiger partial charge in [0, 0.05) is 98.4 Å². The van der Waals surface area contributed by atoms with Crippen molar-refractivity contribution in [1.82, 2.24) is 8.46 Å². The van der Waals surface area contributed by atoms with Crippen LogP contribution in [0.4, 0.5) is 0 Å². The number of hydrogen-bond acceptors (Lipinski definition) is 14. The molecular formula is C14H40N2O12Si4. The second-order valence-electron chi connectivity index (χ2n) is 5.85. The van der Waals surface area contributed by atoms with Gasteiger partial charge in [-0.05, 0) is 0 Å². The largest absolute Gasteiger partial charge is 0.597 e. The number of hydrogen-bond donors (Lipinski definition) is 0. The van der Waals surface area contributed by atoms with Crippen LogP contribution in [0, 0.1) is 0 Å². The fraction of sp³-hybridized carbons (Fsp3) is 1.00. The zero-order valence-corrected chi connectivity index (χ0v) is 25.2. The SMILES string of the molecule is CO[Si](OC)(OC)N(CCN([Si](OC)(OC)OC)[Si](OC)(OC)OC)[Si](OC)(OC)OC. The van der Waals surface area contributed by atoms with Crippen LogP contribution in [0.5, 0.6) is 0 Å². The van der Waals surface area contributed by atoms with Crippen LogP contribution in [0.3, 0.4) is 0 Å². The molecule has 0 amide bonds. The van der Waals surface area contributed by atoms with Gasteiger partial charge in [-0.2, -0.15) is 0 Å². The van der Waals surface area contributed by atoms with Crippen LogP contribution in [0.2, 0.25) is 0 Å². The third-order valence-corrected chi connectivity index (χ3v) is 18.0. The minimum atomic E-state index is -3.51. The van der Waals surface area contributed by atoms with E-state index in [2.05, 4.69) is 0 Å². The Balaban J connectivity index is 6.62. The van der Waals surface area contributed by atoms with E-state index in [0.29, 0.717) is 0 Å². The number of nitrogens with zero attached hydrogens (tertiary/aromatic N) is 2. The molecule has 18 heteroatoms. The van der Waals surface area contributed by atoms with Crippen LogP contribution in [0.1, 0.15) is 0 Å². The third-order valence-electron chi connectivity index (χ3n) is 4.96. The molecule has 0 aromatic carbocycles. The molecule has 0 bridgehead atoms. The highest BCUT2D eigenvalue weighted by Crippen LogP contribution is 2.27. The second-order valence-corrected chi connectivity index (χ2v) is 18.0. The van der Waals surface area contributed by atoms with Crippen molar-refractivity contribution in [3.05, 3.63) is 0 Å². The summed E-state index contributed by atoms with van der Waals surface area (Å²) in [5.41, 5.74) is 0. The summed E-state index contributed by atoms with van der Waals surface area (Å²) in [7, 11) is 3.63. The Bertz CT molecular complexity index is 393. The highest BCUT2D eigenvalue weighted by molar-refractivity contribution is 6.76. The van der Waals surface area contributed by atoms with E-state index in [1.165, 1.54) is 85.3 Å². The molecule has 0 N–H and O–H groups in total. The maximum Gasteiger partial charge on any atom is 0.597 e. The molecule has 0 spiro atoms. The Kier molecular flexibility index (Phi) is 14.8. The van der Waals surface area contributed by atoms with E-state index in [0.717, 1.165) is 0 Å². The predicted octanol–water partition coefficient (Wildman–Crippen LogP) is -0.910. The van der Waals surface area contributed by atoms with Crippen molar-refractivity contribution in [2.24, 2.45) is 0 Å². The smallest absolute Gasteiger partial charge is 0.365 e. The molecule has 194 valence electrons. The summed E-state index contributed by atoms with van der Waals surface area (Å²) < 4.78 is 71.8. The lowest BCUT2D eigenvalue weighted by atomic mass is 10.7. The minimum absolute atomic E-state index is 0.166. The van der Waals surface area contributed by atoms with Gasteiger partial charge in [-0.3, -0.25) is 0 Å². The minimum Gasteiger partial charge on any atom is -0.365 e. The van der Waals surface area contributed by atoms with Crippen molar-refractivity contribution in [2.45, 2.75) is 0 Å². The molecule has 0 saturated carbocycles. The van der Waals surface area contributed by atoms with Crippen LogP contribution in [0.25, 0.3) is 0 Å². The van der Waals surface area contributed by atoms with E-state index in [1.807, 2.05) is 0 Å². The molecule has 0 aromatic rings. The molecule has 0 unspecified atom stereocenters. The van der Waals surface area contributed by atoms with Gasteiger partial charge in [-0.15, -0.1) is 0 Å². The van der Waals surface area contributed by atoms with Gasteiger partial charge in [0.1, 0.15) is 0 Å². The molecule has 0 heterocycles. The monoisotopic (exact) mass is 540 g/mol.